The number of amides is 1. The molecule has 2 N–H and O–H groups in total. The molecule has 19 heavy (non-hydrogen) atoms. The second kappa shape index (κ2) is 7.23. The van der Waals surface area contributed by atoms with Crippen LogP contribution < -0.4 is 5.32 Å². The third-order valence-corrected chi connectivity index (χ3v) is 3.92. The van der Waals surface area contributed by atoms with Gasteiger partial charge < -0.3 is 10.4 Å². The molecule has 0 fully saturated rings. The van der Waals surface area contributed by atoms with Crippen LogP contribution in [0.1, 0.15) is 67.7 Å². The maximum atomic E-state index is 11.5. The van der Waals surface area contributed by atoms with Crippen molar-refractivity contribution in [3.8, 4) is 0 Å². The van der Waals surface area contributed by atoms with Gasteiger partial charge >= 0.3 is 5.97 Å². The highest BCUT2D eigenvalue weighted by atomic mass is 32.1. The molecule has 1 heterocycles. The summed E-state index contributed by atoms with van der Waals surface area (Å²) >= 11 is 1.04. The molecule has 0 aliphatic rings. The van der Waals surface area contributed by atoms with E-state index in [9.17, 15) is 14.7 Å². The number of carbonyl (C=O) groups is 2. The van der Waals surface area contributed by atoms with E-state index in [0.717, 1.165) is 30.6 Å². The fourth-order valence-electron chi connectivity index (χ4n) is 1.90. The molecule has 0 atom stereocenters. The fraction of sp³-hybridized carbons (Fsp3) is 0.615. The number of rotatable bonds is 7. The van der Waals surface area contributed by atoms with Crippen LogP contribution in [0.3, 0.4) is 0 Å². The van der Waals surface area contributed by atoms with Gasteiger partial charge in [-0.2, -0.15) is 0 Å². The first-order chi connectivity index (χ1) is 9.03. The summed E-state index contributed by atoms with van der Waals surface area (Å²) < 4.78 is 0. The molecule has 1 amide bonds. The van der Waals surface area contributed by atoms with Crippen molar-refractivity contribution in [3.63, 3.8) is 0 Å². The van der Waals surface area contributed by atoms with E-state index >= 15 is 0 Å². The van der Waals surface area contributed by atoms with Crippen molar-refractivity contribution in [2.24, 2.45) is 0 Å². The van der Waals surface area contributed by atoms with E-state index in [1.807, 2.05) is 20.8 Å². The summed E-state index contributed by atoms with van der Waals surface area (Å²) in [4.78, 5) is 27.3. The summed E-state index contributed by atoms with van der Waals surface area (Å²) in [5, 5.41) is 12.3. The van der Waals surface area contributed by atoms with Gasteiger partial charge in [0.2, 0.25) is 5.91 Å². The molecule has 0 bridgehead atoms. The largest absolute Gasteiger partial charge is 0.477 e. The summed E-state index contributed by atoms with van der Waals surface area (Å²) in [5.41, 5.74) is 0.592. The summed E-state index contributed by atoms with van der Waals surface area (Å²) in [6, 6.07) is 0. The number of nitrogens with one attached hydrogen (secondary N) is 1. The zero-order valence-corrected chi connectivity index (χ0v) is 12.3. The lowest BCUT2D eigenvalue weighted by Crippen LogP contribution is -2.10. The monoisotopic (exact) mass is 284 g/mol. The molecule has 0 saturated carbocycles. The minimum Gasteiger partial charge on any atom is -0.477 e. The highest BCUT2D eigenvalue weighted by Gasteiger charge is 2.23. The lowest BCUT2D eigenvalue weighted by atomic mass is 9.98. The van der Waals surface area contributed by atoms with Gasteiger partial charge in [-0.25, -0.2) is 9.78 Å². The summed E-state index contributed by atoms with van der Waals surface area (Å²) in [6.45, 7) is 5.93. The Balaban J connectivity index is 3.00. The molecule has 0 saturated heterocycles. The Morgan fingerprint density at radius 2 is 1.95 bits per heavy atom. The van der Waals surface area contributed by atoms with Gasteiger partial charge in [0.25, 0.3) is 0 Å². The Kier molecular flexibility index (Phi) is 5.95. The Bertz CT molecular complexity index is 453. The van der Waals surface area contributed by atoms with E-state index in [-0.39, 0.29) is 16.7 Å². The Labute approximate surface area is 117 Å². The Hall–Kier alpha value is -1.43. The smallest absolute Gasteiger partial charge is 0.347 e. The van der Waals surface area contributed by atoms with E-state index < -0.39 is 5.97 Å². The minimum atomic E-state index is -0.976. The van der Waals surface area contributed by atoms with Crippen molar-refractivity contribution in [2.45, 2.75) is 52.4 Å². The van der Waals surface area contributed by atoms with Crippen LogP contribution in [0.15, 0.2) is 0 Å². The molecule has 1 aromatic heterocycles. The predicted molar refractivity (Wildman–Crippen MR) is 75.9 cm³/mol. The van der Waals surface area contributed by atoms with Crippen LogP contribution >= 0.6 is 11.3 Å². The molecule has 1 rings (SSSR count). The van der Waals surface area contributed by atoms with Crippen LogP contribution in [0.2, 0.25) is 0 Å². The highest BCUT2D eigenvalue weighted by Crippen LogP contribution is 2.32. The summed E-state index contributed by atoms with van der Waals surface area (Å²) in [5.74, 6) is -0.973. The van der Waals surface area contributed by atoms with Gasteiger partial charge in [-0.05, 0) is 19.3 Å². The third-order valence-electron chi connectivity index (χ3n) is 2.94. The van der Waals surface area contributed by atoms with Gasteiger partial charge in [0.05, 0.1) is 5.69 Å². The van der Waals surface area contributed by atoms with Crippen molar-refractivity contribution in [1.82, 2.24) is 4.98 Å². The van der Waals surface area contributed by atoms with E-state index in [4.69, 9.17) is 0 Å². The van der Waals surface area contributed by atoms with Gasteiger partial charge in [0.1, 0.15) is 4.88 Å². The first kappa shape index (κ1) is 15.6. The molecular formula is C13H20N2O3S. The zero-order chi connectivity index (χ0) is 14.4. The van der Waals surface area contributed by atoms with Crippen LogP contribution in [0.25, 0.3) is 0 Å². The van der Waals surface area contributed by atoms with Gasteiger partial charge in [0.15, 0.2) is 5.13 Å². The van der Waals surface area contributed by atoms with E-state index in [2.05, 4.69) is 10.3 Å². The van der Waals surface area contributed by atoms with Crippen molar-refractivity contribution >= 4 is 28.3 Å². The Morgan fingerprint density at radius 1 is 1.32 bits per heavy atom. The standard InChI is InChI=1S/C13H20N2O3S/c1-4-7-9(16)14-13-15-10(8(5-2)6-3)11(19-13)12(17)18/h8H,4-7H2,1-3H3,(H,17,18)(H,14,15,16). The minimum absolute atomic E-state index is 0.121. The number of carboxylic acids is 1. The summed E-state index contributed by atoms with van der Waals surface area (Å²) in [7, 11) is 0. The number of hydrogen-bond donors (Lipinski definition) is 2. The molecule has 0 aromatic carbocycles. The van der Waals surface area contributed by atoms with Crippen LogP contribution in [-0.2, 0) is 4.79 Å². The van der Waals surface area contributed by atoms with Crippen molar-refractivity contribution in [1.29, 1.82) is 0 Å². The zero-order valence-electron chi connectivity index (χ0n) is 11.5. The van der Waals surface area contributed by atoms with Crippen molar-refractivity contribution in [2.75, 3.05) is 5.32 Å². The SMILES string of the molecule is CCCC(=O)Nc1nc(C(CC)CC)c(C(=O)O)s1. The van der Waals surface area contributed by atoms with Crippen LogP contribution in [0, 0.1) is 0 Å². The van der Waals surface area contributed by atoms with Crippen LogP contribution in [-0.4, -0.2) is 22.0 Å². The molecule has 1 aromatic rings. The lowest BCUT2D eigenvalue weighted by Gasteiger charge is -2.09. The third kappa shape index (κ3) is 4.02. The average molecular weight is 284 g/mol. The van der Waals surface area contributed by atoms with Crippen LogP contribution in [0.4, 0.5) is 5.13 Å². The van der Waals surface area contributed by atoms with Crippen LogP contribution in [0.5, 0.6) is 0 Å². The lowest BCUT2D eigenvalue weighted by molar-refractivity contribution is -0.116. The predicted octanol–water partition coefficient (Wildman–Crippen LogP) is 3.48. The molecule has 106 valence electrons. The van der Waals surface area contributed by atoms with E-state index in [0.29, 0.717) is 17.2 Å². The molecular weight excluding hydrogens is 264 g/mol. The number of nitrogens with zero attached hydrogens (tertiary/aromatic N) is 1. The first-order valence-electron chi connectivity index (χ1n) is 6.57. The number of hydrogen-bond acceptors (Lipinski definition) is 4. The topological polar surface area (TPSA) is 79.3 Å². The molecule has 0 aliphatic carbocycles. The van der Waals surface area contributed by atoms with Crippen molar-refractivity contribution < 1.29 is 14.7 Å². The van der Waals surface area contributed by atoms with Gasteiger partial charge in [-0.3, -0.25) is 4.79 Å². The Morgan fingerprint density at radius 3 is 2.42 bits per heavy atom. The molecule has 0 radical (unpaired) electrons. The number of anilines is 1. The second-order valence-corrected chi connectivity index (χ2v) is 5.35. The number of carboxylic acid groups (broad SMARTS) is 1. The fourth-order valence-corrected chi connectivity index (χ4v) is 2.81. The molecule has 5 nitrogen and oxygen atoms in total. The number of carbonyl (C=O) groups excluding carboxylic acids is 1. The molecule has 0 unspecified atom stereocenters. The normalized spacial score (nSPS) is 10.7. The van der Waals surface area contributed by atoms with Gasteiger partial charge in [0, 0.05) is 12.3 Å². The molecule has 0 aliphatic heterocycles. The van der Waals surface area contributed by atoms with Crippen molar-refractivity contribution in [3.05, 3.63) is 10.6 Å². The number of thiazole rings is 1. The maximum Gasteiger partial charge on any atom is 0.347 e. The molecule has 0 spiro atoms. The van der Waals surface area contributed by atoms with E-state index in [1.165, 1.54) is 0 Å². The maximum absolute atomic E-state index is 11.5. The first-order valence-corrected chi connectivity index (χ1v) is 7.38. The van der Waals surface area contributed by atoms with Gasteiger partial charge in [-0.15, -0.1) is 0 Å². The average Bonchev–Trinajstić information content (AvgIpc) is 2.75. The highest BCUT2D eigenvalue weighted by molar-refractivity contribution is 7.17. The molecule has 6 heteroatoms. The van der Waals surface area contributed by atoms with Gasteiger partial charge in [-0.1, -0.05) is 32.1 Å². The quantitative estimate of drug-likeness (QED) is 0.803. The number of aromatic carboxylic acids is 1. The number of aromatic nitrogens is 1. The second-order valence-electron chi connectivity index (χ2n) is 4.35. The van der Waals surface area contributed by atoms with E-state index in [1.54, 1.807) is 0 Å². The summed E-state index contributed by atoms with van der Waals surface area (Å²) in [6.07, 6.45) is 2.84.